The van der Waals surface area contributed by atoms with Gasteiger partial charge in [0.15, 0.2) is 0 Å². The van der Waals surface area contributed by atoms with E-state index < -0.39 is 22.0 Å². The molecule has 1 saturated heterocycles. The van der Waals surface area contributed by atoms with Crippen molar-refractivity contribution in [2.24, 2.45) is 0 Å². The predicted octanol–water partition coefficient (Wildman–Crippen LogP) is 1.53. The highest BCUT2D eigenvalue weighted by molar-refractivity contribution is 7.89. The van der Waals surface area contributed by atoms with E-state index in [0.717, 1.165) is 21.2 Å². The lowest BCUT2D eigenvalue weighted by Gasteiger charge is -2.37. The van der Waals surface area contributed by atoms with Crippen molar-refractivity contribution in [2.75, 3.05) is 13.7 Å². The Balaban J connectivity index is 1.84. The Morgan fingerprint density at radius 3 is 2.16 bits per heavy atom. The average molecular weight is 448 g/mol. The van der Waals surface area contributed by atoms with E-state index in [1.54, 1.807) is 19.2 Å². The lowest BCUT2D eigenvalue weighted by molar-refractivity contribution is -0.134. The number of hydrogen-bond acceptors (Lipinski definition) is 6. The van der Waals surface area contributed by atoms with Crippen LogP contribution in [0, 0.1) is 0 Å². The molecular weight excluding hydrogens is 422 g/mol. The predicted molar refractivity (Wildman–Crippen MR) is 113 cm³/mol. The number of ether oxygens (including phenoxy) is 1. The zero-order valence-corrected chi connectivity index (χ0v) is 18.1. The minimum atomic E-state index is -4.00. The van der Waals surface area contributed by atoms with Gasteiger partial charge in [-0.05, 0) is 48.2 Å². The van der Waals surface area contributed by atoms with Gasteiger partial charge in [-0.1, -0.05) is 24.3 Å². The molecular formula is C21H25N3O6S. The van der Waals surface area contributed by atoms with E-state index in [0.29, 0.717) is 6.42 Å². The largest absolute Gasteiger partial charge is 0.497 e. The molecule has 9 nitrogen and oxygen atoms in total. The zero-order chi connectivity index (χ0) is 22.6. The molecule has 1 fully saturated rings. The van der Waals surface area contributed by atoms with Gasteiger partial charge < -0.3 is 10.1 Å². The van der Waals surface area contributed by atoms with Crippen LogP contribution in [-0.4, -0.2) is 55.5 Å². The third kappa shape index (κ3) is 5.04. The van der Waals surface area contributed by atoms with Crippen LogP contribution in [0.3, 0.4) is 0 Å². The molecule has 3 rings (SSSR count). The second-order valence-corrected chi connectivity index (χ2v) is 9.17. The number of nitrogens with one attached hydrogen (secondary N) is 2. The van der Waals surface area contributed by atoms with E-state index in [-0.39, 0.29) is 29.8 Å². The highest BCUT2D eigenvalue weighted by atomic mass is 32.2. The molecule has 1 aliphatic heterocycles. The second kappa shape index (κ2) is 9.46. The summed E-state index contributed by atoms with van der Waals surface area (Å²) < 4.78 is 32.7. The summed E-state index contributed by atoms with van der Waals surface area (Å²) in [5.74, 6) is -0.383. The topological polar surface area (TPSA) is 125 Å². The molecule has 0 saturated carbocycles. The van der Waals surface area contributed by atoms with Gasteiger partial charge in [0.25, 0.3) is 5.91 Å². The molecule has 0 aliphatic carbocycles. The van der Waals surface area contributed by atoms with E-state index in [1.165, 1.54) is 24.5 Å². The van der Waals surface area contributed by atoms with Crippen molar-refractivity contribution in [3.05, 3.63) is 48.5 Å². The molecule has 0 spiro atoms. The SMILES string of the molecule is COc1ccc(-c2ccc(S(=O)(=O)N3CC[C@@H](NC(C)=O)C[C@@H]3C(=O)NO)cc2)cc1. The van der Waals surface area contributed by atoms with Crippen molar-refractivity contribution in [1.82, 2.24) is 15.1 Å². The monoisotopic (exact) mass is 447 g/mol. The van der Waals surface area contributed by atoms with Crippen LogP contribution in [0.25, 0.3) is 11.1 Å². The van der Waals surface area contributed by atoms with Gasteiger partial charge in [-0.15, -0.1) is 0 Å². The molecule has 0 unspecified atom stereocenters. The minimum Gasteiger partial charge on any atom is -0.497 e. The third-order valence-corrected chi connectivity index (χ3v) is 7.18. The summed E-state index contributed by atoms with van der Waals surface area (Å²) in [6.45, 7) is 1.39. The first kappa shape index (κ1) is 22.7. The molecule has 2 amide bonds. The van der Waals surface area contributed by atoms with Crippen LogP contribution in [0.5, 0.6) is 5.75 Å². The first-order valence-corrected chi connectivity index (χ1v) is 11.2. The molecule has 31 heavy (non-hydrogen) atoms. The summed E-state index contributed by atoms with van der Waals surface area (Å²) in [5, 5.41) is 11.8. The molecule has 2 aromatic carbocycles. The molecule has 166 valence electrons. The molecule has 2 atom stereocenters. The highest BCUT2D eigenvalue weighted by Gasteiger charge is 2.41. The van der Waals surface area contributed by atoms with Crippen LogP contribution < -0.4 is 15.5 Å². The highest BCUT2D eigenvalue weighted by Crippen LogP contribution is 2.28. The fourth-order valence-corrected chi connectivity index (χ4v) is 5.31. The second-order valence-electron chi connectivity index (χ2n) is 7.28. The van der Waals surface area contributed by atoms with Crippen LogP contribution >= 0.6 is 0 Å². The molecule has 2 aromatic rings. The average Bonchev–Trinajstić information content (AvgIpc) is 2.78. The Morgan fingerprint density at radius 1 is 1.06 bits per heavy atom. The molecule has 1 heterocycles. The first-order chi connectivity index (χ1) is 14.8. The number of rotatable bonds is 6. The van der Waals surface area contributed by atoms with E-state index >= 15 is 0 Å². The molecule has 1 aliphatic rings. The van der Waals surface area contributed by atoms with Gasteiger partial charge in [0, 0.05) is 19.5 Å². The summed E-state index contributed by atoms with van der Waals surface area (Å²) in [6, 6.07) is 12.2. The number of sulfonamides is 1. The van der Waals surface area contributed by atoms with Crippen molar-refractivity contribution in [3.63, 3.8) is 0 Å². The Labute approximate surface area is 181 Å². The standard InChI is InChI=1S/C21H25N3O6S/c1-14(25)22-17-11-12-24(20(13-17)21(26)23-27)31(28,29)19-9-5-16(6-10-19)15-3-7-18(30-2)8-4-15/h3-10,17,20,27H,11-13H2,1-2H3,(H,22,25)(H,23,26)/t17-,20-/m1/s1. The van der Waals surface area contributed by atoms with Crippen LogP contribution in [0.1, 0.15) is 19.8 Å². The number of hydroxylamine groups is 1. The van der Waals surface area contributed by atoms with E-state index in [9.17, 15) is 18.0 Å². The maximum absolute atomic E-state index is 13.2. The Hall–Kier alpha value is -2.95. The van der Waals surface area contributed by atoms with Crippen LogP contribution in [0.2, 0.25) is 0 Å². The number of nitrogens with zero attached hydrogens (tertiary/aromatic N) is 1. The summed E-state index contributed by atoms with van der Waals surface area (Å²) in [7, 11) is -2.42. The maximum Gasteiger partial charge on any atom is 0.261 e. The number of methoxy groups -OCH3 is 1. The quantitative estimate of drug-likeness (QED) is 0.456. The Morgan fingerprint density at radius 2 is 1.65 bits per heavy atom. The van der Waals surface area contributed by atoms with E-state index in [4.69, 9.17) is 9.94 Å². The molecule has 10 heteroatoms. The summed E-state index contributed by atoms with van der Waals surface area (Å²) >= 11 is 0. The third-order valence-electron chi connectivity index (χ3n) is 5.26. The van der Waals surface area contributed by atoms with E-state index in [2.05, 4.69) is 5.32 Å². The van der Waals surface area contributed by atoms with Gasteiger partial charge in [-0.3, -0.25) is 14.8 Å². The van der Waals surface area contributed by atoms with Crippen LogP contribution in [-0.2, 0) is 19.6 Å². The Kier molecular flexibility index (Phi) is 6.94. The van der Waals surface area contributed by atoms with Gasteiger partial charge in [0.2, 0.25) is 15.9 Å². The summed E-state index contributed by atoms with van der Waals surface area (Å²) in [6.07, 6.45) is 0.424. The molecule has 0 aromatic heterocycles. The van der Waals surface area contributed by atoms with Gasteiger partial charge >= 0.3 is 0 Å². The summed E-state index contributed by atoms with van der Waals surface area (Å²) in [4.78, 5) is 23.6. The molecule has 0 radical (unpaired) electrons. The van der Waals surface area contributed by atoms with Crippen molar-refractivity contribution in [1.29, 1.82) is 0 Å². The van der Waals surface area contributed by atoms with E-state index in [1.807, 2.05) is 24.3 Å². The van der Waals surface area contributed by atoms with Gasteiger partial charge in [0.1, 0.15) is 11.8 Å². The van der Waals surface area contributed by atoms with Gasteiger partial charge in [-0.25, -0.2) is 13.9 Å². The zero-order valence-electron chi connectivity index (χ0n) is 17.2. The number of piperidine rings is 1. The van der Waals surface area contributed by atoms with Crippen molar-refractivity contribution < 1.29 is 28.0 Å². The number of benzene rings is 2. The van der Waals surface area contributed by atoms with Crippen LogP contribution in [0.15, 0.2) is 53.4 Å². The lowest BCUT2D eigenvalue weighted by Crippen LogP contribution is -2.56. The lowest BCUT2D eigenvalue weighted by atomic mass is 9.99. The van der Waals surface area contributed by atoms with Gasteiger partial charge in [-0.2, -0.15) is 4.31 Å². The van der Waals surface area contributed by atoms with Crippen molar-refractivity contribution in [3.8, 4) is 16.9 Å². The fraction of sp³-hybridized carbons (Fsp3) is 0.333. The van der Waals surface area contributed by atoms with Crippen molar-refractivity contribution >= 4 is 21.8 Å². The number of carbonyl (C=O) groups is 2. The smallest absolute Gasteiger partial charge is 0.261 e. The minimum absolute atomic E-state index is 0.0333. The summed E-state index contributed by atoms with van der Waals surface area (Å²) in [5.41, 5.74) is 3.26. The fourth-order valence-electron chi connectivity index (χ4n) is 3.70. The maximum atomic E-state index is 13.2. The van der Waals surface area contributed by atoms with Gasteiger partial charge in [0.05, 0.1) is 12.0 Å². The number of carbonyl (C=O) groups excluding carboxylic acids is 2. The van der Waals surface area contributed by atoms with Crippen LogP contribution in [0.4, 0.5) is 0 Å². The number of hydrogen-bond donors (Lipinski definition) is 3. The first-order valence-electron chi connectivity index (χ1n) is 9.73. The number of amides is 2. The normalized spacial score (nSPS) is 19.5. The van der Waals surface area contributed by atoms with Crippen molar-refractivity contribution in [2.45, 2.75) is 36.7 Å². The molecule has 0 bridgehead atoms. The Bertz CT molecular complexity index is 1040. The molecule has 3 N–H and O–H groups in total.